The number of carbonyl (C=O) groups is 1. The molecule has 0 aliphatic heterocycles. The third-order valence-corrected chi connectivity index (χ3v) is 4.20. The van der Waals surface area contributed by atoms with Crippen LogP contribution in [-0.4, -0.2) is 36.5 Å². The quantitative estimate of drug-likeness (QED) is 0.528. The van der Waals surface area contributed by atoms with Gasteiger partial charge in [-0.2, -0.15) is 0 Å². The highest BCUT2D eigenvalue weighted by atomic mass is 33.1. The third kappa shape index (κ3) is 8.77. The molecular weight excluding hydrogens is 210 g/mol. The molecule has 0 rings (SSSR count). The Morgan fingerprint density at radius 3 is 2.58 bits per heavy atom. The second-order valence-electron chi connectivity index (χ2n) is 2.07. The van der Waals surface area contributed by atoms with Crippen LogP contribution in [0.2, 0.25) is 0 Å². The molecule has 0 unspecified atom stereocenters. The number of thioether (sulfide) groups is 1. The van der Waals surface area contributed by atoms with Crippen molar-refractivity contribution in [2.45, 2.75) is 6.42 Å². The van der Waals surface area contributed by atoms with Crippen LogP contribution in [0.25, 0.3) is 0 Å². The first-order chi connectivity index (χ1) is 5.81. The van der Waals surface area contributed by atoms with Crippen LogP contribution < -0.4 is 5.32 Å². The molecular formula is C7H15NOS3. The molecule has 0 fully saturated rings. The van der Waals surface area contributed by atoms with E-state index in [0.29, 0.717) is 6.42 Å². The average molecular weight is 225 g/mol. The second-order valence-corrected chi connectivity index (χ2v) is 5.64. The van der Waals surface area contributed by atoms with Crippen LogP contribution in [0.1, 0.15) is 6.42 Å². The first-order valence-corrected chi connectivity index (χ1v) is 7.48. The molecule has 0 saturated heterocycles. The number of nitrogens with one attached hydrogen (secondary N) is 1. The number of hydrogen-bond acceptors (Lipinski definition) is 5. The molecule has 0 aliphatic rings. The first-order valence-electron chi connectivity index (χ1n) is 3.77. The molecule has 12 heavy (non-hydrogen) atoms. The van der Waals surface area contributed by atoms with Gasteiger partial charge in [-0.3, -0.25) is 4.79 Å². The summed E-state index contributed by atoms with van der Waals surface area (Å²) in [5.41, 5.74) is 0. The lowest BCUT2D eigenvalue weighted by Gasteiger charge is -1.98. The Balaban J connectivity index is 2.95. The molecule has 0 amide bonds. The Kier molecular flexibility index (Phi) is 10.3. The minimum atomic E-state index is 0.289. The zero-order valence-electron chi connectivity index (χ0n) is 7.46. The van der Waals surface area contributed by atoms with Gasteiger partial charge in [-0.05, 0) is 13.3 Å². The van der Waals surface area contributed by atoms with E-state index in [9.17, 15) is 4.79 Å². The molecule has 0 bridgehead atoms. The maximum Gasteiger partial charge on any atom is 0.189 e. The Morgan fingerprint density at radius 2 is 2.00 bits per heavy atom. The highest BCUT2D eigenvalue weighted by molar-refractivity contribution is 8.76. The highest BCUT2D eigenvalue weighted by Gasteiger charge is 1.98. The first kappa shape index (κ1) is 12.7. The van der Waals surface area contributed by atoms with Crippen molar-refractivity contribution in [2.75, 3.05) is 31.4 Å². The summed E-state index contributed by atoms with van der Waals surface area (Å²) >= 11 is 1.32. The van der Waals surface area contributed by atoms with Gasteiger partial charge in [-0.1, -0.05) is 33.3 Å². The molecule has 0 heterocycles. The van der Waals surface area contributed by atoms with E-state index < -0.39 is 0 Å². The van der Waals surface area contributed by atoms with Gasteiger partial charge in [0.2, 0.25) is 0 Å². The Morgan fingerprint density at radius 1 is 1.33 bits per heavy atom. The zero-order chi connectivity index (χ0) is 9.23. The lowest BCUT2D eigenvalue weighted by atomic mass is 10.5. The number of carbonyl (C=O) groups excluding carboxylic acids is 1. The van der Waals surface area contributed by atoms with Gasteiger partial charge in [0, 0.05) is 24.5 Å². The van der Waals surface area contributed by atoms with Gasteiger partial charge >= 0.3 is 0 Å². The van der Waals surface area contributed by atoms with E-state index in [4.69, 9.17) is 0 Å². The van der Waals surface area contributed by atoms with Gasteiger partial charge < -0.3 is 5.32 Å². The van der Waals surface area contributed by atoms with Crippen LogP contribution in [0.3, 0.4) is 0 Å². The summed E-state index contributed by atoms with van der Waals surface area (Å²) in [7, 11) is 5.55. The van der Waals surface area contributed by atoms with Crippen molar-refractivity contribution in [3.05, 3.63) is 0 Å². The summed E-state index contributed by atoms with van der Waals surface area (Å²) in [5, 5.41) is 3.36. The van der Waals surface area contributed by atoms with E-state index in [1.807, 2.05) is 24.1 Å². The van der Waals surface area contributed by atoms with Crippen molar-refractivity contribution in [2.24, 2.45) is 0 Å². The van der Waals surface area contributed by atoms with Crippen molar-refractivity contribution in [1.82, 2.24) is 5.32 Å². The smallest absolute Gasteiger partial charge is 0.189 e. The highest BCUT2D eigenvalue weighted by Crippen LogP contribution is 2.21. The molecule has 0 spiro atoms. The van der Waals surface area contributed by atoms with E-state index in [-0.39, 0.29) is 5.12 Å². The normalized spacial score (nSPS) is 10.2. The van der Waals surface area contributed by atoms with E-state index in [1.165, 1.54) is 11.8 Å². The fourth-order valence-electron chi connectivity index (χ4n) is 0.489. The molecule has 0 aliphatic carbocycles. The van der Waals surface area contributed by atoms with E-state index in [0.717, 1.165) is 18.1 Å². The summed E-state index contributed by atoms with van der Waals surface area (Å²) in [6.07, 6.45) is 2.53. The van der Waals surface area contributed by atoms with Gasteiger partial charge in [0.05, 0.1) is 0 Å². The van der Waals surface area contributed by atoms with Gasteiger partial charge in [0.25, 0.3) is 0 Å². The van der Waals surface area contributed by atoms with Crippen LogP contribution in [0, 0.1) is 0 Å². The standard InChI is InChI=1S/C7H15NOS3/c1-8-4-6-12-11-5-3-7(9)10-2/h8H,3-6H2,1-2H3. The van der Waals surface area contributed by atoms with Gasteiger partial charge in [0.1, 0.15) is 0 Å². The van der Waals surface area contributed by atoms with Crippen LogP contribution in [0.4, 0.5) is 0 Å². The summed E-state index contributed by atoms with van der Waals surface area (Å²) < 4.78 is 0. The molecule has 2 nitrogen and oxygen atoms in total. The third-order valence-electron chi connectivity index (χ3n) is 1.14. The molecule has 72 valence electrons. The lowest BCUT2D eigenvalue weighted by Crippen LogP contribution is -2.09. The van der Waals surface area contributed by atoms with Crippen molar-refractivity contribution >= 4 is 38.5 Å². The molecule has 0 radical (unpaired) electrons. The molecule has 0 aromatic heterocycles. The van der Waals surface area contributed by atoms with Gasteiger partial charge in [-0.25, -0.2) is 0 Å². The monoisotopic (exact) mass is 225 g/mol. The minimum absolute atomic E-state index is 0.289. The maximum absolute atomic E-state index is 10.8. The Hall–Kier alpha value is 0.680. The van der Waals surface area contributed by atoms with Crippen LogP contribution in [-0.2, 0) is 4.79 Å². The molecule has 0 aromatic carbocycles. The topological polar surface area (TPSA) is 29.1 Å². The van der Waals surface area contributed by atoms with Crippen molar-refractivity contribution in [1.29, 1.82) is 0 Å². The maximum atomic E-state index is 10.8. The van der Waals surface area contributed by atoms with Gasteiger partial charge in [-0.15, -0.1) is 0 Å². The summed E-state index contributed by atoms with van der Waals surface area (Å²) in [5.74, 6) is 2.04. The fraction of sp³-hybridized carbons (Fsp3) is 0.857. The fourth-order valence-corrected chi connectivity index (χ4v) is 2.92. The molecule has 1 N–H and O–H groups in total. The zero-order valence-corrected chi connectivity index (χ0v) is 9.91. The summed E-state index contributed by atoms with van der Waals surface area (Å²) in [6, 6.07) is 0. The number of rotatable bonds is 7. The molecule has 5 heteroatoms. The van der Waals surface area contributed by atoms with Gasteiger partial charge in [0.15, 0.2) is 5.12 Å². The minimum Gasteiger partial charge on any atom is -0.319 e. The largest absolute Gasteiger partial charge is 0.319 e. The Bertz CT molecular complexity index is 121. The molecule has 0 saturated carbocycles. The van der Waals surface area contributed by atoms with Crippen molar-refractivity contribution < 1.29 is 4.79 Å². The van der Waals surface area contributed by atoms with E-state index in [2.05, 4.69) is 5.32 Å². The Labute approximate surface area is 86.4 Å². The van der Waals surface area contributed by atoms with Crippen molar-refractivity contribution in [3.8, 4) is 0 Å². The predicted molar refractivity (Wildman–Crippen MR) is 62.0 cm³/mol. The summed E-state index contributed by atoms with van der Waals surface area (Å²) in [4.78, 5) is 10.8. The number of hydrogen-bond donors (Lipinski definition) is 1. The lowest BCUT2D eigenvalue weighted by molar-refractivity contribution is -0.110. The predicted octanol–water partition coefficient (Wildman–Crippen LogP) is 1.87. The average Bonchev–Trinajstić information content (AvgIpc) is 2.10. The molecule has 0 atom stereocenters. The summed E-state index contributed by atoms with van der Waals surface area (Å²) in [6.45, 7) is 1.04. The van der Waals surface area contributed by atoms with Crippen LogP contribution in [0.15, 0.2) is 0 Å². The van der Waals surface area contributed by atoms with E-state index >= 15 is 0 Å². The van der Waals surface area contributed by atoms with Crippen LogP contribution >= 0.6 is 33.3 Å². The van der Waals surface area contributed by atoms with Crippen LogP contribution in [0.5, 0.6) is 0 Å². The van der Waals surface area contributed by atoms with Crippen molar-refractivity contribution in [3.63, 3.8) is 0 Å². The second kappa shape index (κ2) is 9.77. The SMILES string of the molecule is CNCCSSCCC(=O)SC. The molecule has 0 aromatic rings. The van der Waals surface area contributed by atoms with E-state index in [1.54, 1.807) is 10.8 Å².